The molecule has 0 aliphatic heterocycles. The number of carbonyl (C=O) groups excluding carboxylic acids is 2. The summed E-state index contributed by atoms with van der Waals surface area (Å²) >= 11 is 12.4. The largest absolute Gasteiger partial charge is 0.444 e. The number of hydrogen-bond donors (Lipinski definition) is 2. The zero-order chi connectivity index (χ0) is 24.3. The summed E-state index contributed by atoms with van der Waals surface area (Å²) in [4.78, 5) is 27.4. The van der Waals surface area contributed by atoms with Crippen LogP contribution >= 0.6 is 23.2 Å². The molecule has 2 atom stereocenters. The van der Waals surface area contributed by atoms with Gasteiger partial charge in [0, 0.05) is 25.1 Å². The van der Waals surface area contributed by atoms with Gasteiger partial charge in [-0.3, -0.25) is 4.79 Å². The third kappa shape index (κ3) is 5.81. The molecule has 0 unspecified atom stereocenters. The van der Waals surface area contributed by atoms with Crippen molar-refractivity contribution in [2.45, 2.75) is 51.2 Å². The van der Waals surface area contributed by atoms with E-state index in [1.807, 2.05) is 45.0 Å². The van der Waals surface area contributed by atoms with E-state index >= 15 is 0 Å². The molecule has 3 rings (SSSR count). The Kier molecular flexibility index (Phi) is 7.93. The highest BCUT2D eigenvalue weighted by molar-refractivity contribution is 6.42. The third-order valence-electron chi connectivity index (χ3n) is 5.71. The van der Waals surface area contributed by atoms with Gasteiger partial charge in [-0.05, 0) is 68.5 Å². The molecule has 6 nitrogen and oxygen atoms in total. The molecule has 33 heavy (non-hydrogen) atoms. The first-order valence-corrected chi connectivity index (χ1v) is 11.7. The molecule has 2 aromatic rings. The molecule has 0 fully saturated rings. The van der Waals surface area contributed by atoms with Crippen molar-refractivity contribution in [1.82, 2.24) is 10.2 Å². The van der Waals surface area contributed by atoms with E-state index in [0.29, 0.717) is 22.0 Å². The van der Waals surface area contributed by atoms with Gasteiger partial charge in [-0.25, -0.2) is 4.79 Å². The van der Waals surface area contributed by atoms with Crippen LogP contribution in [0.2, 0.25) is 10.0 Å². The number of aliphatic hydroxyl groups is 1. The van der Waals surface area contributed by atoms with Crippen LogP contribution in [-0.4, -0.2) is 47.8 Å². The van der Waals surface area contributed by atoms with E-state index in [9.17, 15) is 9.59 Å². The summed E-state index contributed by atoms with van der Waals surface area (Å²) in [6.45, 7) is 5.45. The standard InChI is InChI=1S/C25H30Cl2N2O4/c1-25(2,3)33-24(32)29(4)21-11-9-16(15-8-10-19(26)20(27)14-15)17-6-5-7-18(22(17)21)23(31)28-12-13-30/h5-8,10,14,16,21,30H,9,11-13H2,1-4H3,(H,28,31)/t16-,21-/m0/s1. The minimum absolute atomic E-state index is 0.0105. The smallest absolute Gasteiger partial charge is 0.410 e. The van der Waals surface area contributed by atoms with E-state index in [4.69, 9.17) is 33.0 Å². The normalized spacial score (nSPS) is 17.8. The molecule has 0 bridgehead atoms. The number of rotatable bonds is 5. The number of halogens is 2. The first-order chi connectivity index (χ1) is 15.5. The van der Waals surface area contributed by atoms with E-state index in [-0.39, 0.29) is 31.0 Å². The average molecular weight is 493 g/mol. The van der Waals surface area contributed by atoms with Crippen molar-refractivity contribution in [2.24, 2.45) is 0 Å². The molecule has 0 saturated carbocycles. The van der Waals surface area contributed by atoms with Gasteiger partial charge >= 0.3 is 6.09 Å². The van der Waals surface area contributed by atoms with Crippen LogP contribution in [-0.2, 0) is 4.74 Å². The SMILES string of the molecule is CN(C(=O)OC(C)(C)C)[C@H]1CC[C@@H](c2ccc(Cl)c(Cl)c2)c2cccc(C(=O)NCCO)c21. The fraction of sp³-hybridized carbons (Fsp3) is 0.440. The fourth-order valence-corrected chi connectivity index (χ4v) is 4.58. The third-order valence-corrected chi connectivity index (χ3v) is 6.45. The van der Waals surface area contributed by atoms with Crippen LogP contribution in [0, 0.1) is 0 Å². The minimum Gasteiger partial charge on any atom is -0.444 e. The lowest BCUT2D eigenvalue weighted by atomic mass is 9.74. The van der Waals surface area contributed by atoms with Crippen molar-refractivity contribution in [2.75, 3.05) is 20.2 Å². The average Bonchev–Trinajstić information content (AvgIpc) is 2.76. The second-order valence-corrected chi connectivity index (χ2v) is 10.0. The fourth-order valence-electron chi connectivity index (χ4n) is 4.27. The Morgan fingerprint density at radius 2 is 1.88 bits per heavy atom. The van der Waals surface area contributed by atoms with Crippen molar-refractivity contribution in [3.8, 4) is 0 Å². The molecule has 178 valence electrons. The van der Waals surface area contributed by atoms with Crippen LogP contribution < -0.4 is 5.32 Å². The minimum atomic E-state index is -0.635. The van der Waals surface area contributed by atoms with Crippen molar-refractivity contribution < 1.29 is 19.4 Å². The van der Waals surface area contributed by atoms with Crippen molar-refractivity contribution in [3.63, 3.8) is 0 Å². The van der Waals surface area contributed by atoms with Gasteiger partial charge in [0.05, 0.1) is 22.7 Å². The zero-order valence-corrected chi connectivity index (χ0v) is 20.8. The Bertz CT molecular complexity index is 1040. The first kappa shape index (κ1) is 25.3. The van der Waals surface area contributed by atoms with Gasteiger partial charge in [0.1, 0.15) is 5.60 Å². The maximum atomic E-state index is 13.0. The monoisotopic (exact) mass is 492 g/mol. The molecule has 1 aliphatic rings. The number of hydrogen-bond acceptors (Lipinski definition) is 4. The molecule has 0 spiro atoms. The first-order valence-electron chi connectivity index (χ1n) is 11.0. The number of nitrogens with zero attached hydrogens (tertiary/aromatic N) is 1. The lowest BCUT2D eigenvalue weighted by molar-refractivity contribution is 0.0201. The second-order valence-electron chi connectivity index (χ2n) is 9.20. The van der Waals surface area contributed by atoms with Crippen LogP contribution in [0.15, 0.2) is 36.4 Å². The van der Waals surface area contributed by atoms with Gasteiger partial charge in [-0.1, -0.05) is 41.4 Å². The number of amides is 2. The summed E-state index contributed by atoms with van der Waals surface area (Å²) in [5.74, 6) is -0.304. The molecule has 2 amide bonds. The molecular weight excluding hydrogens is 463 g/mol. The quantitative estimate of drug-likeness (QED) is 0.573. The van der Waals surface area contributed by atoms with E-state index in [0.717, 1.165) is 23.1 Å². The van der Waals surface area contributed by atoms with Crippen molar-refractivity contribution >= 4 is 35.2 Å². The molecular formula is C25H30Cl2N2O4. The van der Waals surface area contributed by atoms with Crippen LogP contribution in [0.3, 0.4) is 0 Å². The summed E-state index contributed by atoms with van der Waals surface area (Å²) in [5, 5.41) is 12.8. The maximum absolute atomic E-state index is 13.0. The van der Waals surface area contributed by atoms with Gasteiger partial charge in [-0.2, -0.15) is 0 Å². The predicted octanol–water partition coefficient (Wildman–Crippen LogP) is 5.55. The molecule has 8 heteroatoms. The Balaban J connectivity index is 2.09. The summed E-state index contributed by atoms with van der Waals surface area (Å²) in [5.41, 5.74) is 2.58. The Morgan fingerprint density at radius 1 is 1.15 bits per heavy atom. The van der Waals surface area contributed by atoms with Crippen molar-refractivity contribution in [3.05, 3.63) is 68.7 Å². The molecule has 0 saturated heterocycles. The number of carbonyl (C=O) groups is 2. The lowest BCUT2D eigenvalue weighted by Crippen LogP contribution is -2.39. The van der Waals surface area contributed by atoms with Gasteiger partial charge in [0.2, 0.25) is 0 Å². The summed E-state index contributed by atoms with van der Waals surface area (Å²) < 4.78 is 5.59. The van der Waals surface area contributed by atoms with E-state index in [1.54, 1.807) is 24.1 Å². The Morgan fingerprint density at radius 3 is 2.52 bits per heavy atom. The van der Waals surface area contributed by atoms with E-state index in [1.165, 1.54) is 0 Å². The van der Waals surface area contributed by atoms with Crippen LogP contribution in [0.4, 0.5) is 4.79 Å². The number of fused-ring (bicyclic) bond motifs is 1. The number of aliphatic hydroxyl groups excluding tert-OH is 1. The molecule has 1 aliphatic carbocycles. The Labute approximate surface area is 204 Å². The zero-order valence-electron chi connectivity index (χ0n) is 19.3. The van der Waals surface area contributed by atoms with E-state index < -0.39 is 11.7 Å². The Hall–Kier alpha value is -2.28. The van der Waals surface area contributed by atoms with Gasteiger partial charge in [0.15, 0.2) is 0 Å². The van der Waals surface area contributed by atoms with Crippen LogP contribution in [0.1, 0.15) is 72.6 Å². The van der Waals surface area contributed by atoms with Gasteiger partial charge in [0.25, 0.3) is 5.91 Å². The number of ether oxygens (including phenoxy) is 1. The van der Waals surface area contributed by atoms with Crippen LogP contribution in [0.5, 0.6) is 0 Å². The second kappa shape index (κ2) is 10.3. The molecule has 0 aromatic heterocycles. The van der Waals surface area contributed by atoms with E-state index in [2.05, 4.69) is 5.32 Å². The molecule has 0 heterocycles. The van der Waals surface area contributed by atoms with Gasteiger partial charge in [-0.15, -0.1) is 0 Å². The molecule has 0 radical (unpaired) electrons. The predicted molar refractivity (Wildman–Crippen MR) is 130 cm³/mol. The highest BCUT2D eigenvalue weighted by Gasteiger charge is 2.36. The summed E-state index contributed by atoms with van der Waals surface area (Å²) in [6, 6.07) is 10.8. The maximum Gasteiger partial charge on any atom is 0.410 e. The molecule has 2 N–H and O–H groups in total. The lowest BCUT2D eigenvalue weighted by Gasteiger charge is -2.38. The van der Waals surface area contributed by atoms with Gasteiger partial charge < -0.3 is 20.1 Å². The summed E-state index contributed by atoms with van der Waals surface area (Å²) in [7, 11) is 1.70. The highest BCUT2D eigenvalue weighted by atomic mass is 35.5. The number of benzene rings is 2. The number of nitrogens with one attached hydrogen (secondary N) is 1. The highest BCUT2D eigenvalue weighted by Crippen LogP contribution is 2.45. The van der Waals surface area contributed by atoms with Crippen LogP contribution in [0.25, 0.3) is 0 Å². The topological polar surface area (TPSA) is 78.9 Å². The van der Waals surface area contributed by atoms with Crippen molar-refractivity contribution in [1.29, 1.82) is 0 Å². The molecule has 2 aromatic carbocycles. The summed E-state index contributed by atoms with van der Waals surface area (Å²) in [6.07, 6.45) is 0.944.